The van der Waals surface area contributed by atoms with E-state index in [1.807, 2.05) is 0 Å². The molecule has 0 aromatic heterocycles. The highest BCUT2D eigenvalue weighted by Gasteiger charge is 2.22. The molecule has 0 bridgehead atoms. The SMILES string of the molecule is COC(C)CNS(=O)(=O)c1ccc([N+](=O)[O-])cc1F. The molecule has 0 fully saturated rings. The van der Waals surface area contributed by atoms with E-state index in [-0.39, 0.29) is 12.6 Å². The predicted molar refractivity (Wildman–Crippen MR) is 64.7 cm³/mol. The number of nitro benzene ring substituents is 1. The van der Waals surface area contributed by atoms with Gasteiger partial charge in [0.2, 0.25) is 10.0 Å². The van der Waals surface area contributed by atoms with Gasteiger partial charge in [-0.05, 0) is 13.0 Å². The van der Waals surface area contributed by atoms with Gasteiger partial charge in [0.15, 0.2) is 0 Å². The third kappa shape index (κ3) is 3.94. The molecule has 1 aromatic carbocycles. The van der Waals surface area contributed by atoms with Gasteiger partial charge >= 0.3 is 0 Å². The number of hydrogen-bond donors (Lipinski definition) is 1. The Labute approximate surface area is 109 Å². The molecule has 7 nitrogen and oxygen atoms in total. The summed E-state index contributed by atoms with van der Waals surface area (Å²) in [6.45, 7) is 1.60. The lowest BCUT2D eigenvalue weighted by molar-refractivity contribution is -0.385. The van der Waals surface area contributed by atoms with Crippen molar-refractivity contribution in [3.8, 4) is 0 Å². The fraction of sp³-hybridized carbons (Fsp3) is 0.400. The smallest absolute Gasteiger partial charge is 0.272 e. The maximum atomic E-state index is 13.6. The first-order valence-corrected chi connectivity index (χ1v) is 6.72. The van der Waals surface area contributed by atoms with Crippen LogP contribution in [-0.4, -0.2) is 33.1 Å². The molecule has 0 amide bonds. The van der Waals surface area contributed by atoms with Crippen molar-refractivity contribution in [2.24, 2.45) is 0 Å². The van der Waals surface area contributed by atoms with Crippen molar-refractivity contribution < 1.29 is 22.5 Å². The lowest BCUT2D eigenvalue weighted by atomic mass is 10.3. The standard InChI is InChI=1S/C10H13FN2O5S/c1-7(18-2)6-12-19(16,17)10-4-3-8(13(14)15)5-9(10)11/h3-5,7,12H,6H2,1-2H3. The Kier molecular flexibility index (Phi) is 4.92. The number of halogens is 1. The number of nitrogens with one attached hydrogen (secondary N) is 1. The molecule has 19 heavy (non-hydrogen) atoms. The lowest BCUT2D eigenvalue weighted by Gasteiger charge is -2.11. The molecule has 0 aliphatic rings. The van der Waals surface area contributed by atoms with Crippen molar-refractivity contribution in [3.63, 3.8) is 0 Å². The molecule has 0 spiro atoms. The van der Waals surface area contributed by atoms with Gasteiger partial charge in [-0.25, -0.2) is 17.5 Å². The maximum absolute atomic E-state index is 13.6. The van der Waals surface area contributed by atoms with Gasteiger partial charge in [-0.15, -0.1) is 0 Å². The van der Waals surface area contributed by atoms with Gasteiger partial charge in [0, 0.05) is 19.7 Å². The first-order valence-electron chi connectivity index (χ1n) is 5.24. The normalized spacial score (nSPS) is 13.2. The van der Waals surface area contributed by atoms with Crippen molar-refractivity contribution in [1.29, 1.82) is 0 Å². The predicted octanol–water partition coefficient (Wildman–Crippen LogP) is 1.05. The zero-order chi connectivity index (χ0) is 14.6. The quantitative estimate of drug-likeness (QED) is 0.624. The molecule has 0 radical (unpaired) electrons. The topological polar surface area (TPSA) is 98.5 Å². The van der Waals surface area contributed by atoms with Gasteiger partial charge in [-0.3, -0.25) is 10.1 Å². The number of sulfonamides is 1. The highest BCUT2D eigenvalue weighted by molar-refractivity contribution is 7.89. The Balaban J connectivity index is 2.99. The number of rotatable bonds is 6. The minimum atomic E-state index is -4.07. The Hall–Kier alpha value is -1.58. The summed E-state index contributed by atoms with van der Waals surface area (Å²) >= 11 is 0. The molecule has 0 heterocycles. The van der Waals surface area contributed by atoms with Crippen molar-refractivity contribution in [2.75, 3.05) is 13.7 Å². The summed E-state index contributed by atoms with van der Waals surface area (Å²) in [5, 5.41) is 10.4. The van der Waals surface area contributed by atoms with E-state index in [0.717, 1.165) is 12.1 Å². The Morgan fingerprint density at radius 2 is 2.16 bits per heavy atom. The van der Waals surface area contributed by atoms with Crippen LogP contribution in [0.1, 0.15) is 6.92 Å². The lowest BCUT2D eigenvalue weighted by Crippen LogP contribution is -2.32. The maximum Gasteiger partial charge on any atom is 0.272 e. The summed E-state index contributed by atoms with van der Waals surface area (Å²) in [6, 6.07) is 2.35. The fourth-order valence-electron chi connectivity index (χ4n) is 1.21. The molecule has 1 unspecified atom stereocenters. The number of benzene rings is 1. The number of hydrogen-bond acceptors (Lipinski definition) is 5. The van der Waals surface area contributed by atoms with E-state index in [1.54, 1.807) is 6.92 Å². The molecule has 1 N–H and O–H groups in total. The van der Waals surface area contributed by atoms with Gasteiger partial charge in [-0.2, -0.15) is 0 Å². The van der Waals surface area contributed by atoms with E-state index in [4.69, 9.17) is 4.74 Å². The summed E-state index contributed by atoms with van der Waals surface area (Å²) in [4.78, 5) is 8.98. The first-order chi connectivity index (χ1) is 8.77. The van der Waals surface area contributed by atoms with Crippen LogP contribution in [0.15, 0.2) is 23.1 Å². The summed E-state index contributed by atoms with van der Waals surface area (Å²) in [7, 11) is -2.66. The van der Waals surface area contributed by atoms with Crippen LogP contribution in [0, 0.1) is 15.9 Å². The van der Waals surface area contributed by atoms with Crippen LogP contribution in [0.2, 0.25) is 0 Å². The van der Waals surface area contributed by atoms with E-state index in [0.29, 0.717) is 6.07 Å². The van der Waals surface area contributed by atoms with Crippen LogP contribution < -0.4 is 4.72 Å². The highest BCUT2D eigenvalue weighted by atomic mass is 32.2. The zero-order valence-electron chi connectivity index (χ0n) is 10.3. The van der Waals surface area contributed by atoms with Crippen molar-refractivity contribution in [2.45, 2.75) is 17.9 Å². The average Bonchev–Trinajstić information content (AvgIpc) is 2.35. The number of ether oxygens (including phenoxy) is 1. The van der Waals surface area contributed by atoms with Crippen LogP contribution >= 0.6 is 0 Å². The molecule has 1 aromatic rings. The Morgan fingerprint density at radius 3 is 2.63 bits per heavy atom. The monoisotopic (exact) mass is 292 g/mol. The number of nitrogens with zero attached hydrogens (tertiary/aromatic N) is 1. The van der Waals surface area contributed by atoms with Crippen LogP contribution in [0.5, 0.6) is 0 Å². The molecule has 106 valence electrons. The van der Waals surface area contributed by atoms with E-state index in [1.165, 1.54) is 7.11 Å². The van der Waals surface area contributed by atoms with Gasteiger partial charge in [0.1, 0.15) is 10.7 Å². The summed E-state index contributed by atoms with van der Waals surface area (Å²) in [5.74, 6) is -1.17. The Morgan fingerprint density at radius 1 is 1.53 bits per heavy atom. The minimum absolute atomic E-state index is 0.0325. The third-order valence-electron chi connectivity index (χ3n) is 2.38. The molecular weight excluding hydrogens is 279 g/mol. The van der Waals surface area contributed by atoms with Gasteiger partial charge in [-0.1, -0.05) is 0 Å². The molecule has 0 aliphatic heterocycles. The van der Waals surface area contributed by atoms with Crippen LogP contribution in [0.25, 0.3) is 0 Å². The minimum Gasteiger partial charge on any atom is -0.380 e. The number of nitro groups is 1. The van der Waals surface area contributed by atoms with Gasteiger partial charge in [0.25, 0.3) is 5.69 Å². The summed E-state index contributed by atoms with van der Waals surface area (Å²) < 4.78 is 44.1. The second kappa shape index (κ2) is 6.04. The van der Waals surface area contributed by atoms with Crippen LogP contribution in [0.4, 0.5) is 10.1 Å². The Bertz CT molecular complexity index is 575. The van der Waals surface area contributed by atoms with E-state index in [2.05, 4.69) is 4.72 Å². The zero-order valence-corrected chi connectivity index (χ0v) is 11.1. The molecular formula is C10H13FN2O5S. The average molecular weight is 292 g/mol. The van der Waals surface area contributed by atoms with Gasteiger partial charge < -0.3 is 4.74 Å². The molecule has 1 atom stereocenters. The van der Waals surface area contributed by atoms with Gasteiger partial charge in [0.05, 0.1) is 17.1 Å². The molecule has 1 rings (SSSR count). The molecule has 0 saturated carbocycles. The van der Waals surface area contributed by atoms with Crippen molar-refractivity contribution in [1.82, 2.24) is 4.72 Å². The fourth-order valence-corrected chi connectivity index (χ4v) is 2.38. The molecule has 9 heteroatoms. The van der Waals surface area contributed by atoms with E-state index >= 15 is 0 Å². The third-order valence-corrected chi connectivity index (χ3v) is 3.84. The van der Waals surface area contributed by atoms with Crippen molar-refractivity contribution in [3.05, 3.63) is 34.1 Å². The van der Waals surface area contributed by atoms with Crippen LogP contribution in [0.3, 0.4) is 0 Å². The van der Waals surface area contributed by atoms with E-state index < -0.39 is 31.3 Å². The highest BCUT2D eigenvalue weighted by Crippen LogP contribution is 2.20. The largest absolute Gasteiger partial charge is 0.380 e. The molecule has 0 saturated heterocycles. The van der Waals surface area contributed by atoms with Crippen LogP contribution in [-0.2, 0) is 14.8 Å². The summed E-state index contributed by atoms with van der Waals surface area (Å²) in [6.07, 6.45) is -0.379. The molecule has 0 aliphatic carbocycles. The second-order valence-corrected chi connectivity index (χ2v) is 5.51. The number of non-ortho nitro benzene ring substituents is 1. The van der Waals surface area contributed by atoms with Crippen molar-refractivity contribution >= 4 is 15.7 Å². The first kappa shape index (κ1) is 15.5. The summed E-state index contributed by atoms with van der Waals surface area (Å²) in [5.41, 5.74) is -0.512. The van der Waals surface area contributed by atoms with E-state index in [9.17, 15) is 22.9 Å². The second-order valence-electron chi connectivity index (χ2n) is 3.77. The number of methoxy groups -OCH3 is 1.